The summed E-state index contributed by atoms with van der Waals surface area (Å²) >= 11 is 0. The van der Waals surface area contributed by atoms with Crippen LogP contribution in [0.2, 0.25) is 0 Å². The van der Waals surface area contributed by atoms with Crippen molar-refractivity contribution in [1.29, 1.82) is 0 Å². The van der Waals surface area contributed by atoms with Gasteiger partial charge >= 0.3 is 6.09 Å². The van der Waals surface area contributed by atoms with E-state index in [0.717, 1.165) is 0 Å². The monoisotopic (exact) mass is 267 g/mol. The fourth-order valence-electron chi connectivity index (χ4n) is 1.41. The zero-order valence-corrected chi connectivity index (χ0v) is 10.8. The largest absolute Gasteiger partial charge is 0.479 e. The molecule has 0 bridgehead atoms. The third-order valence-electron chi connectivity index (χ3n) is 2.35. The number of hydrogen-bond donors (Lipinski definition) is 3. The Morgan fingerprint density at radius 3 is 2.32 bits per heavy atom. The van der Waals surface area contributed by atoms with Crippen LogP contribution in [0.25, 0.3) is 0 Å². The van der Waals surface area contributed by atoms with Crippen molar-refractivity contribution in [1.82, 2.24) is 10.6 Å². The summed E-state index contributed by atoms with van der Waals surface area (Å²) in [7, 11) is 2.88. The van der Waals surface area contributed by atoms with Gasteiger partial charge in [-0.1, -0.05) is 12.1 Å². The Hall–Kier alpha value is -2.28. The first-order valence-electron chi connectivity index (χ1n) is 5.65. The van der Waals surface area contributed by atoms with Crippen molar-refractivity contribution in [2.24, 2.45) is 5.73 Å². The number of nitrogens with two attached hydrogens (primary N) is 1. The van der Waals surface area contributed by atoms with Crippen LogP contribution in [-0.4, -0.2) is 32.8 Å². The van der Waals surface area contributed by atoms with E-state index < -0.39 is 18.1 Å². The Morgan fingerprint density at radius 1 is 1.21 bits per heavy atom. The molecule has 0 saturated carbocycles. The van der Waals surface area contributed by atoms with E-state index in [2.05, 4.69) is 10.6 Å². The molecule has 0 saturated heterocycles. The van der Waals surface area contributed by atoms with Crippen LogP contribution in [-0.2, 0) is 9.53 Å². The molecule has 0 fully saturated rings. The molecule has 0 aliphatic rings. The van der Waals surface area contributed by atoms with Crippen LogP contribution >= 0.6 is 0 Å². The molecule has 0 aliphatic carbocycles. The van der Waals surface area contributed by atoms with Gasteiger partial charge < -0.3 is 20.1 Å². The van der Waals surface area contributed by atoms with Gasteiger partial charge in [-0.25, -0.2) is 4.79 Å². The maximum Gasteiger partial charge on any atom is 0.408 e. The van der Waals surface area contributed by atoms with Gasteiger partial charge in [-0.2, -0.15) is 0 Å². The molecule has 0 heterocycles. The molecule has 0 spiro atoms. The van der Waals surface area contributed by atoms with Crippen molar-refractivity contribution < 1.29 is 19.1 Å². The molecule has 0 radical (unpaired) electrons. The number of benzene rings is 1. The third-order valence-corrected chi connectivity index (χ3v) is 2.35. The summed E-state index contributed by atoms with van der Waals surface area (Å²) in [5.41, 5.74) is 5.78. The molecular weight excluding hydrogens is 250 g/mol. The summed E-state index contributed by atoms with van der Waals surface area (Å²) in [6.07, 6.45) is -1.70. The van der Waals surface area contributed by atoms with E-state index in [4.69, 9.17) is 15.2 Å². The van der Waals surface area contributed by atoms with Crippen LogP contribution in [0.5, 0.6) is 5.75 Å². The van der Waals surface area contributed by atoms with Crippen molar-refractivity contribution in [3.05, 3.63) is 29.8 Å². The lowest BCUT2D eigenvalue weighted by Crippen LogP contribution is -2.32. The highest BCUT2D eigenvalue weighted by Crippen LogP contribution is 2.21. The first-order valence-corrected chi connectivity index (χ1v) is 5.65. The predicted molar refractivity (Wildman–Crippen MR) is 68.5 cm³/mol. The van der Waals surface area contributed by atoms with E-state index >= 15 is 0 Å². The standard InChI is InChI=1S/C12H17N3O4/c1-14-11(16)10(19-12(17)15-2)8-3-5-9(6-4-8)18-7-13/h3-6,10H,7,13H2,1-2H3,(H,14,16)(H,15,17). The number of likely N-dealkylation sites (N-methyl/N-ethyl adjacent to an activating group) is 1. The molecule has 0 aromatic heterocycles. The van der Waals surface area contributed by atoms with E-state index in [1.54, 1.807) is 24.3 Å². The minimum atomic E-state index is -1.02. The second-order valence-corrected chi connectivity index (χ2v) is 3.53. The molecule has 4 N–H and O–H groups in total. The first-order chi connectivity index (χ1) is 9.12. The van der Waals surface area contributed by atoms with Gasteiger partial charge in [0.05, 0.1) is 0 Å². The van der Waals surface area contributed by atoms with Gasteiger partial charge in [0.15, 0.2) is 0 Å². The van der Waals surface area contributed by atoms with Gasteiger partial charge in [-0.15, -0.1) is 0 Å². The summed E-state index contributed by atoms with van der Waals surface area (Å²) in [5.74, 6) is 0.151. The molecule has 1 atom stereocenters. The molecule has 1 aromatic carbocycles. The second kappa shape index (κ2) is 7.22. The van der Waals surface area contributed by atoms with Crippen molar-refractivity contribution in [3.8, 4) is 5.75 Å². The maximum absolute atomic E-state index is 11.7. The van der Waals surface area contributed by atoms with Crippen LogP contribution in [0.4, 0.5) is 4.79 Å². The molecule has 2 amide bonds. The molecule has 19 heavy (non-hydrogen) atoms. The number of carbonyl (C=O) groups is 2. The summed E-state index contributed by atoms with van der Waals surface area (Å²) in [6.45, 7) is 0.0625. The first kappa shape index (κ1) is 14.8. The van der Waals surface area contributed by atoms with Gasteiger partial charge in [-0.05, 0) is 12.1 Å². The van der Waals surface area contributed by atoms with Crippen LogP contribution in [0.1, 0.15) is 11.7 Å². The fourth-order valence-corrected chi connectivity index (χ4v) is 1.41. The number of carbonyl (C=O) groups excluding carboxylic acids is 2. The van der Waals surface area contributed by atoms with Crippen LogP contribution < -0.4 is 21.1 Å². The summed E-state index contributed by atoms with van der Waals surface area (Å²) in [5, 5.41) is 4.73. The third kappa shape index (κ3) is 4.14. The Kier molecular flexibility index (Phi) is 5.62. The number of hydrogen-bond acceptors (Lipinski definition) is 5. The molecular formula is C12H17N3O4. The van der Waals surface area contributed by atoms with Crippen molar-refractivity contribution in [2.45, 2.75) is 6.10 Å². The van der Waals surface area contributed by atoms with Crippen molar-refractivity contribution in [2.75, 3.05) is 20.8 Å². The maximum atomic E-state index is 11.7. The van der Waals surface area contributed by atoms with Gasteiger partial charge in [0, 0.05) is 19.7 Å². The lowest BCUT2D eigenvalue weighted by atomic mass is 10.1. The lowest BCUT2D eigenvalue weighted by molar-refractivity contribution is -0.129. The van der Waals surface area contributed by atoms with Crippen LogP contribution in [0.15, 0.2) is 24.3 Å². The number of rotatable bonds is 5. The normalized spacial score (nSPS) is 11.3. The molecule has 7 nitrogen and oxygen atoms in total. The van der Waals surface area contributed by atoms with Crippen molar-refractivity contribution >= 4 is 12.0 Å². The summed E-state index contributed by atoms with van der Waals surface area (Å²) < 4.78 is 10.1. The average molecular weight is 267 g/mol. The van der Waals surface area contributed by atoms with Gasteiger partial charge in [0.25, 0.3) is 5.91 Å². The molecule has 104 valence electrons. The van der Waals surface area contributed by atoms with Gasteiger partial charge in [-0.3, -0.25) is 10.5 Å². The minimum Gasteiger partial charge on any atom is -0.479 e. The highest BCUT2D eigenvalue weighted by Gasteiger charge is 2.23. The van der Waals surface area contributed by atoms with E-state index in [0.29, 0.717) is 11.3 Å². The van der Waals surface area contributed by atoms with Crippen molar-refractivity contribution in [3.63, 3.8) is 0 Å². The Morgan fingerprint density at radius 2 is 1.84 bits per heavy atom. The summed E-state index contributed by atoms with van der Waals surface area (Å²) in [4.78, 5) is 22.9. The molecule has 1 unspecified atom stereocenters. The van der Waals surface area contributed by atoms with E-state index in [9.17, 15) is 9.59 Å². The van der Waals surface area contributed by atoms with E-state index in [-0.39, 0.29) is 6.73 Å². The SMILES string of the molecule is CNC(=O)OC(C(=O)NC)c1ccc(OCN)cc1. The molecule has 0 aliphatic heterocycles. The summed E-state index contributed by atoms with van der Waals surface area (Å²) in [6, 6.07) is 6.55. The lowest BCUT2D eigenvalue weighted by Gasteiger charge is -2.16. The number of amides is 2. The number of ether oxygens (including phenoxy) is 2. The molecule has 1 rings (SSSR count). The zero-order valence-electron chi connectivity index (χ0n) is 10.8. The Balaban J connectivity index is 2.90. The van der Waals surface area contributed by atoms with Gasteiger partial charge in [0.1, 0.15) is 12.5 Å². The van der Waals surface area contributed by atoms with E-state index in [1.165, 1.54) is 14.1 Å². The van der Waals surface area contributed by atoms with E-state index in [1.807, 2.05) is 0 Å². The fraction of sp³-hybridized carbons (Fsp3) is 0.333. The topological polar surface area (TPSA) is 103 Å². The molecule has 1 aromatic rings. The Labute approximate surface area is 111 Å². The van der Waals surface area contributed by atoms with Gasteiger partial charge in [0.2, 0.25) is 6.10 Å². The van der Waals surface area contributed by atoms with Crippen LogP contribution in [0, 0.1) is 0 Å². The second-order valence-electron chi connectivity index (χ2n) is 3.53. The number of nitrogens with one attached hydrogen (secondary N) is 2. The highest BCUT2D eigenvalue weighted by molar-refractivity contribution is 5.84. The number of alkyl carbamates (subject to hydrolysis) is 1. The smallest absolute Gasteiger partial charge is 0.408 e. The zero-order chi connectivity index (χ0) is 14.3. The molecule has 7 heteroatoms. The van der Waals surface area contributed by atoms with Crippen LogP contribution in [0.3, 0.4) is 0 Å². The average Bonchev–Trinajstić information content (AvgIpc) is 2.45. The Bertz CT molecular complexity index is 433. The predicted octanol–water partition coefficient (Wildman–Crippen LogP) is 0.125. The highest BCUT2D eigenvalue weighted by atomic mass is 16.6. The quantitative estimate of drug-likeness (QED) is 0.658. The minimum absolute atomic E-state index is 0.0625.